The molecule has 1 aliphatic rings. The SMILES string of the molecule is CCC(C)(C(Cc1ccc(F)cc1Br)NC)N1CCCC1. The Labute approximate surface area is 136 Å². The van der Waals surface area contributed by atoms with Gasteiger partial charge in [-0.15, -0.1) is 0 Å². The van der Waals surface area contributed by atoms with E-state index in [2.05, 4.69) is 40.0 Å². The lowest BCUT2D eigenvalue weighted by molar-refractivity contribution is 0.0872. The fourth-order valence-electron chi connectivity index (χ4n) is 3.46. The Morgan fingerprint density at radius 1 is 1.38 bits per heavy atom. The van der Waals surface area contributed by atoms with Crippen LogP contribution in [0.15, 0.2) is 22.7 Å². The zero-order valence-electron chi connectivity index (χ0n) is 13.3. The lowest BCUT2D eigenvalue weighted by Crippen LogP contribution is -2.58. The van der Waals surface area contributed by atoms with Gasteiger partial charge in [0.05, 0.1) is 0 Å². The topological polar surface area (TPSA) is 15.3 Å². The van der Waals surface area contributed by atoms with E-state index in [-0.39, 0.29) is 11.4 Å². The van der Waals surface area contributed by atoms with Gasteiger partial charge in [0, 0.05) is 16.1 Å². The minimum absolute atomic E-state index is 0.138. The van der Waals surface area contributed by atoms with Gasteiger partial charge < -0.3 is 5.32 Å². The van der Waals surface area contributed by atoms with Crippen LogP contribution < -0.4 is 5.32 Å². The Bertz CT molecular complexity index is 474. The molecule has 0 aliphatic carbocycles. The van der Waals surface area contributed by atoms with Crippen LogP contribution in [0.5, 0.6) is 0 Å². The Balaban J connectivity index is 2.20. The molecule has 2 nitrogen and oxygen atoms in total. The van der Waals surface area contributed by atoms with Crippen molar-refractivity contribution in [1.29, 1.82) is 0 Å². The van der Waals surface area contributed by atoms with Crippen LogP contribution in [0.1, 0.15) is 38.7 Å². The van der Waals surface area contributed by atoms with E-state index >= 15 is 0 Å². The number of nitrogens with zero attached hydrogens (tertiary/aromatic N) is 1. The first-order valence-electron chi connectivity index (χ1n) is 7.87. The number of benzene rings is 1. The zero-order chi connectivity index (χ0) is 15.5. The van der Waals surface area contributed by atoms with Crippen LogP contribution in [-0.4, -0.2) is 36.6 Å². The molecule has 21 heavy (non-hydrogen) atoms. The maximum Gasteiger partial charge on any atom is 0.124 e. The van der Waals surface area contributed by atoms with Crippen molar-refractivity contribution in [1.82, 2.24) is 10.2 Å². The molecular formula is C17H26BrFN2. The molecule has 0 aromatic heterocycles. The molecule has 0 radical (unpaired) electrons. The molecule has 1 aromatic carbocycles. The normalized spacial score (nSPS) is 20.4. The molecule has 0 amide bonds. The van der Waals surface area contributed by atoms with Gasteiger partial charge in [-0.25, -0.2) is 4.39 Å². The second-order valence-electron chi connectivity index (χ2n) is 6.19. The summed E-state index contributed by atoms with van der Waals surface area (Å²) < 4.78 is 14.1. The molecule has 1 heterocycles. The Morgan fingerprint density at radius 3 is 2.57 bits per heavy atom. The van der Waals surface area contributed by atoms with Crippen LogP contribution in [0.2, 0.25) is 0 Å². The van der Waals surface area contributed by atoms with Gasteiger partial charge in [0.2, 0.25) is 0 Å². The van der Waals surface area contributed by atoms with Crippen molar-refractivity contribution in [3.8, 4) is 0 Å². The molecule has 2 atom stereocenters. The fourth-order valence-corrected chi connectivity index (χ4v) is 3.97. The summed E-state index contributed by atoms with van der Waals surface area (Å²) in [5.74, 6) is -0.190. The summed E-state index contributed by atoms with van der Waals surface area (Å²) in [6.45, 7) is 7.00. The number of likely N-dealkylation sites (N-methyl/N-ethyl adjacent to an activating group) is 1. The first-order valence-corrected chi connectivity index (χ1v) is 8.66. The second kappa shape index (κ2) is 7.21. The van der Waals surface area contributed by atoms with Crippen molar-refractivity contribution >= 4 is 15.9 Å². The number of likely N-dealkylation sites (tertiary alicyclic amines) is 1. The molecule has 118 valence electrons. The molecule has 1 aromatic rings. The number of rotatable bonds is 6. The van der Waals surface area contributed by atoms with E-state index in [1.165, 1.54) is 25.9 Å². The summed E-state index contributed by atoms with van der Waals surface area (Å²) in [6, 6.07) is 5.35. The number of hydrogen-bond donors (Lipinski definition) is 1. The van der Waals surface area contributed by atoms with E-state index in [1.54, 1.807) is 12.1 Å². The van der Waals surface area contributed by atoms with Crippen molar-refractivity contribution in [2.75, 3.05) is 20.1 Å². The Kier molecular flexibility index (Phi) is 5.81. The Morgan fingerprint density at radius 2 is 2.05 bits per heavy atom. The first kappa shape index (κ1) is 16.9. The van der Waals surface area contributed by atoms with Gasteiger partial charge in [0.25, 0.3) is 0 Å². The van der Waals surface area contributed by atoms with Crippen molar-refractivity contribution in [3.63, 3.8) is 0 Å². The van der Waals surface area contributed by atoms with E-state index in [0.717, 1.165) is 22.9 Å². The molecule has 0 bridgehead atoms. The largest absolute Gasteiger partial charge is 0.315 e. The van der Waals surface area contributed by atoms with Gasteiger partial charge >= 0.3 is 0 Å². The van der Waals surface area contributed by atoms with Crippen LogP contribution in [-0.2, 0) is 6.42 Å². The molecule has 4 heteroatoms. The van der Waals surface area contributed by atoms with E-state index < -0.39 is 0 Å². The number of hydrogen-bond acceptors (Lipinski definition) is 2. The summed E-state index contributed by atoms with van der Waals surface area (Å²) in [5, 5.41) is 3.50. The van der Waals surface area contributed by atoms with Gasteiger partial charge in [-0.3, -0.25) is 4.90 Å². The summed E-state index contributed by atoms with van der Waals surface area (Å²) in [7, 11) is 2.03. The van der Waals surface area contributed by atoms with Crippen LogP contribution in [0, 0.1) is 5.82 Å². The predicted molar refractivity (Wildman–Crippen MR) is 90.2 cm³/mol. The van der Waals surface area contributed by atoms with Gasteiger partial charge in [-0.05, 0) is 70.4 Å². The number of halogens is 2. The van der Waals surface area contributed by atoms with E-state index in [1.807, 2.05) is 13.1 Å². The molecule has 1 fully saturated rings. The monoisotopic (exact) mass is 356 g/mol. The molecule has 2 unspecified atom stereocenters. The number of nitrogens with one attached hydrogen (secondary N) is 1. The fraction of sp³-hybridized carbons (Fsp3) is 0.647. The molecular weight excluding hydrogens is 331 g/mol. The highest BCUT2D eigenvalue weighted by Gasteiger charge is 2.38. The average Bonchev–Trinajstić information content (AvgIpc) is 3.00. The van der Waals surface area contributed by atoms with Crippen molar-refractivity contribution in [2.45, 2.75) is 51.1 Å². The van der Waals surface area contributed by atoms with Crippen LogP contribution in [0.4, 0.5) is 4.39 Å². The summed E-state index contributed by atoms with van der Waals surface area (Å²) >= 11 is 3.50. The maximum absolute atomic E-state index is 13.3. The summed E-state index contributed by atoms with van der Waals surface area (Å²) in [6.07, 6.45) is 4.61. The minimum atomic E-state index is -0.190. The van der Waals surface area contributed by atoms with Crippen LogP contribution in [0.25, 0.3) is 0 Å². The molecule has 0 spiro atoms. The lowest BCUT2D eigenvalue weighted by Gasteiger charge is -2.44. The van der Waals surface area contributed by atoms with Crippen molar-refractivity contribution < 1.29 is 4.39 Å². The maximum atomic E-state index is 13.3. The van der Waals surface area contributed by atoms with Crippen molar-refractivity contribution in [2.24, 2.45) is 0 Å². The third kappa shape index (κ3) is 3.66. The summed E-state index contributed by atoms with van der Waals surface area (Å²) in [4.78, 5) is 2.62. The highest BCUT2D eigenvalue weighted by atomic mass is 79.9. The third-order valence-electron chi connectivity index (χ3n) is 5.08. The highest BCUT2D eigenvalue weighted by Crippen LogP contribution is 2.31. The van der Waals surface area contributed by atoms with Crippen molar-refractivity contribution in [3.05, 3.63) is 34.1 Å². The molecule has 1 aliphatic heterocycles. The predicted octanol–water partition coefficient (Wildman–Crippen LogP) is 3.98. The molecule has 0 saturated carbocycles. The highest BCUT2D eigenvalue weighted by molar-refractivity contribution is 9.10. The van der Waals surface area contributed by atoms with E-state index in [9.17, 15) is 4.39 Å². The quantitative estimate of drug-likeness (QED) is 0.828. The van der Waals surface area contributed by atoms with Gasteiger partial charge in [-0.1, -0.05) is 28.9 Å². The minimum Gasteiger partial charge on any atom is -0.315 e. The van der Waals surface area contributed by atoms with E-state index in [0.29, 0.717) is 6.04 Å². The van der Waals surface area contributed by atoms with Gasteiger partial charge in [0.1, 0.15) is 5.82 Å². The second-order valence-corrected chi connectivity index (χ2v) is 7.04. The van der Waals surface area contributed by atoms with Gasteiger partial charge in [-0.2, -0.15) is 0 Å². The first-order chi connectivity index (χ1) is 10.0. The smallest absolute Gasteiger partial charge is 0.124 e. The summed E-state index contributed by atoms with van der Waals surface area (Å²) in [5.41, 5.74) is 1.30. The van der Waals surface area contributed by atoms with Crippen LogP contribution in [0.3, 0.4) is 0 Å². The zero-order valence-corrected chi connectivity index (χ0v) is 14.8. The van der Waals surface area contributed by atoms with Crippen LogP contribution >= 0.6 is 15.9 Å². The molecule has 1 N–H and O–H groups in total. The standard InChI is InChI=1S/C17H26BrFN2/c1-4-17(2,21-9-5-6-10-21)16(20-3)11-13-7-8-14(19)12-15(13)18/h7-8,12,16,20H,4-6,9-11H2,1-3H3. The third-order valence-corrected chi connectivity index (χ3v) is 5.82. The average molecular weight is 357 g/mol. The van der Waals surface area contributed by atoms with E-state index in [4.69, 9.17) is 0 Å². The molecule has 2 rings (SSSR count). The lowest BCUT2D eigenvalue weighted by atomic mass is 9.83. The molecule has 1 saturated heterocycles. The van der Waals surface area contributed by atoms with Gasteiger partial charge in [0.15, 0.2) is 0 Å². The Hall–Kier alpha value is -0.450.